The van der Waals surface area contributed by atoms with E-state index in [9.17, 15) is 13.9 Å². The summed E-state index contributed by atoms with van der Waals surface area (Å²) in [5, 5.41) is 12.8. The van der Waals surface area contributed by atoms with E-state index >= 15 is 0 Å². The maximum absolute atomic E-state index is 13.7. The second kappa shape index (κ2) is 5.10. The molecule has 0 aliphatic heterocycles. The van der Waals surface area contributed by atoms with E-state index in [2.05, 4.69) is 5.32 Å². The molecule has 1 atom stereocenters. The maximum Gasteiger partial charge on any atom is 0.134 e. The van der Waals surface area contributed by atoms with Crippen LogP contribution in [0.15, 0.2) is 12.1 Å². The Labute approximate surface area is 101 Å². The van der Waals surface area contributed by atoms with Crippen LogP contribution in [0.25, 0.3) is 0 Å². The van der Waals surface area contributed by atoms with E-state index in [0.29, 0.717) is 5.56 Å². The molecule has 17 heavy (non-hydrogen) atoms. The largest absolute Gasteiger partial charge is 0.387 e. The van der Waals surface area contributed by atoms with E-state index in [-0.39, 0.29) is 17.6 Å². The zero-order valence-corrected chi connectivity index (χ0v) is 10.6. The zero-order valence-electron chi connectivity index (χ0n) is 10.6. The predicted octanol–water partition coefficient (Wildman–Crippen LogP) is 2.69. The van der Waals surface area contributed by atoms with Gasteiger partial charge in [-0.3, -0.25) is 0 Å². The summed E-state index contributed by atoms with van der Waals surface area (Å²) in [5.41, 5.74) is -0.143. The van der Waals surface area contributed by atoms with Gasteiger partial charge in [0.25, 0.3) is 0 Å². The third kappa shape index (κ3) is 3.75. The quantitative estimate of drug-likeness (QED) is 0.855. The van der Waals surface area contributed by atoms with Gasteiger partial charge in [0.1, 0.15) is 11.6 Å². The minimum atomic E-state index is -1.19. The average molecular weight is 243 g/mol. The fourth-order valence-corrected chi connectivity index (χ4v) is 1.49. The highest BCUT2D eigenvalue weighted by molar-refractivity contribution is 5.28. The summed E-state index contributed by atoms with van der Waals surface area (Å²) in [7, 11) is 0. The van der Waals surface area contributed by atoms with Gasteiger partial charge in [0.05, 0.1) is 11.7 Å². The first kappa shape index (κ1) is 14.1. The Balaban J connectivity index is 2.89. The van der Waals surface area contributed by atoms with Gasteiger partial charge < -0.3 is 10.4 Å². The Kier molecular flexibility index (Phi) is 4.22. The van der Waals surface area contributed by atoms with E-state index in [4.69, 9.17) is 0 Å². The Morgan fingerprint density at radius 1 is 1.29 bits per heavy atom. The van der Waals surface area contributed by atoms with Crippen molar-refractivity contribution in [3.8, 4) is 0 Å². The van der Waals surface area contributed by atoms with E-state index in [1.54, 1.807) is 6.92 Å². The van der Waals surface area contributed by atoms with Crippen LogP contribution in [-0.4, -0.2) is 17.2 Å². The topological polar surface area (TPSA) is 32.3 Å². The van der Waals surface area contributed by atoms with Gasteiger partial charge in [-0.05, 0) is 39.3 Å². The third-order valence-corrected chi connectivity index (χ3v) is 2.48. The smallest absolute Gasteiger partial charge is 0.134 e. The number of aliphatic hydroxyl groups excluding tert-OH is 1. The molecule has 0 bridgehead atoms. The molecule has 4 heteroatoms. The minimum absolute atomic E-state index is 0.112. The number of rotatable bonds is 3. The molecule has 0 aliphatic carbocycles. The number of halogens is 2. The van der Waals surface area contributed by atoms with Crippen LogP contribution in [0.4, 0.5) is 8.78 Å². The number of hydrogen-bond donors (Lipinski definition) is 2. The first-order valence-corrected chi connectivity index (χ1v) is 5.60. The Morgan fingerprint density at radius 3 is 2.41 bits per heavy atom. The Bertz CT molecular complexity index is 399. The van der Waals surface area contributed by atoms with Crippen LogP contribution in [0.1, 0.15) is 38.0 Å². The van der Waals surface area contributed by atoms with Crippen LogP contribution in [0, 0.1) is 18.6 Å². The number of nitrogens with one attached hydrogen (secondary N) is 1. The fraction of sp³-hybridized carbons (Fsp3) is 0.538. The number of aryl methyl sites for hydroxylation is 1. The van der Waals surface area contributed by atoms with Crippen LogP contribution in [-0.2, 0) is 0 Å². The van der Waals surface area contributed by atoms with Gasteiger partial charge in [-0.25, -0.2) is 8.78 Å². The molecule has 0 amide bonds. The fourth-order valence-electron chi connectivity index (χ4n) is 1.49. The van der Waals surface area contributed by atoms with Crippen LogP contribution < -0.4 is 5.32 Å². The molecule has 0 spiro atoms. The lowest BCUT2D eigenvalue weighted by Crippen LogP contribution is -2.38. The molecule has 0 radical (unpaired) electrons. The molecule has 0 saturated heterocycles. The molecule has 2 nitrogen and oxygen atoms in total. The van der Waals surface area contributed by atoms with Crippen LogP contribution in [0.5, 0.6) is 0 Å². The number of aliphatic hydroxyl groups is 1. The molecular weight excluding hydrogens is 224 g/mol. The van der Waals surface area contributed by atoms with E-state index in [0.717, 1.165) is 0 Å². The van der Waals surface area contributed by atoms with Gasteiger partial charge in [-0.2, -0.15) is 0 Å². The molecule has 0 fully saturated rings. The van der Waals surface area contributed by atoms with Crippen LogP contribution >= 0.6 is 0 Å². The number of β-amino-alcohol motifs (C(OH)–C–C–N with tert-alkyl or cyclic N) is 1. The van der Waals surface area contributed by atoms with Gasteiger partial charge in [-0.15, -0.1) is 0 Å². The van der Waals surface area contributed by atoms with Crippen molar-refractivity contribution >= 4 is 0 Å². The van der Waals surface area contributed by atoms with Crippen molar-refractivity contribution in [1.29, 1.82) is 0 Å². The molecule has 0 heterocycles. The normalized spacial score (nSPS) is 13.8. The van der Waals surface area contributed by atoms with E-state index in [1.807, 2.05) is 20.8 Å². The molecule has 2 N–H and O–H groups in total. The minimum Gasteiger partial charge on any atom is -0.387 e. The highest BCUT2D eigenvalue weighted by Crippen LogP contribution is 2.23. The van der Waals surface area contributed by atoms with Gasteiger partial charge in [0.15, 0.2) is 0 Å². The number of benzene rings is 1. The zero-order chi connectivity index (χ0) is 13.2. The molecule has 96 valence electrons. The van der Waals surface area contributed by atoms with Crippen molar-refractivity contribution in [3.63, 3.8) is 0 Å². The maximum atomic E-state index is 13.7. The van der Waals surface area contributed by atoms with Crippen molar-refractivity contribution < 1.29 is 13.9 Å². The molecular formula is C13H19F2NO. The Hall–Kier alpha value is -1.00. The standard InChI is InChI=1S/C13H19F2NO/c1-8-5-6-9(14)11(12(8)15)10(17)7-16-13(2,3)4/h5-6,10,16-17H,7H2,1-4H3. The lowest BCUT2D eigenvalue weighted by Gasteiger charge is -2.23. The molecule has 0 saturated carbocycles. The number of hydrogen-bond acceptors (Lipinski definition) is 2. The summed E-state index contributed by atoms with van der Waals surface area (Å²) >= 11 is 0. The SMILES string of the molecule is Cc1ccc(F)c(C(O)CNC(C)(C)C)c1F. The van der Waals surface area contributed by atoms with Crippen molar-refractivity contribution in [3.05, 3.63) is 34.9 Å². The average Bonchev–Trinajstić information content (AvgIpc) is 2.20. The highest BCUT2D eigenvalue weighted by Gasteiger charge is 2.21. The van der Waals surface area contributed by atoms with Gasteiger partial charge >= 0.3 is 0 Å². The molecule has 0 aromatic heterocycles. The van der Waals surface area contributed by atoms with Gasteiger partial charge in [0.2, 0.25) is 0 Å². The lowest BCUT2D eigenvalue weighted by molar-refractivity contribution is 0.154. The summed E-state index contributed by atoms with van der Waals surface area (Å²) in [5.74, 6) is -1.38. The van der Waals surface area contributed by atoms with Crippen molar-refractivity contribution in [2.45, 2.75) is 39.3 Å². The second-order valence-corrected chi connectivity index (χ2v) is 5.24. The summed E-state index contributed by atoms with van der Waals surface area (Å²) in [6, 6.07) is 2.53. The monoisotopic (exact) mass is 243 g/mol. The predicted molar refractivity (Wildman–Crippen MR) is 63.8 cm³/mol. The van der Waals surface area contributed by atoms with Gasteiger partial charge in [0, 0.05) is 12.1 Å². The molecule has 0 aliphatic rings. The summed E-state index contributed by atoms with van der Waals surface area (Å²) in [6.07, 6.45) is -1.19. The molecule has 1 aromatic rings. The Morgan fingerprint density at radius 2 is 1.88 bits per heavy atom. The highest BCUT2D eigenvalue weighted by atomic mass is 19.1. The van der Waals surface area contributed by atoms with Crippen LogP contribution in [0.3, 0.4) is 0 Å². The summed E-state index contributed by atoms with van der Waals surface area (Å²) < 4.78 is 27.2. The van der Waals surface area contributed by atoms with Gasteiger partial charge in [-0.1, -0.05) is 6.07 Å². The van der Waals surface area contributed by atoms with Crippen LogP contribution in [0.2, 0.25) is 0 Å². The molecule has 1 unspecified atom stereocenters. The van der Waals surface area contributed by atoms with E-state index in [1.165, 1.54) is 12.1 Å². The van der Waals surface area contributed by atoms with Crippen molar-refractivity contribution in [2.75, 3.05) is 6.54 Å². The van der Waals surface area contributed by atoms with E-state index < -0.39 is 17.7 Å². The third-order valence-electron chi connectivity index (χ3n) is 2.48. The first-order valence-electron chi connectivity index (χ1n) is 5.60. The van der Waals surface area contributed by atoms with Crippen molar-refractivity contribution in [2.24, 2.45) is 0 Å². The first-order chi connectivity index (χ1) is 7.72. The second-order valence-electron chi connectivity index (χ2n) is 5.24. The summed E-state index contributed by atoms with van der Waals surface area (Å²) in [4.78, 5) is 0. The molecule has 1 aromatic carbocycles. The van der Waals surface area contributed by atoms with Crippen molar-refractivity contribution in [1.82, 2.24) is 5.32 Å². The lowest BCUT2D eigenvalue weighted by atomic mass is 10.0. The molecule has 1 rings (SSSR count). The summed E-state index contributed by atoms with van der Waals surface area (Å²) in [6.45, 7) is 7.41.